The molecule has 4 rings (SSSR count). The van der Waals surface area contributed by atoms with E-state index in [9.17, 15) is 14.4 Å². The summed E-state index contributed by atoms with van der Waals surface area (Å²) in [5, 5.41) is 18.5. The fraction of sp³-hybridized carbons (Fsp3) is 0. The van der Waals surface area contributed by atoms with Crippen LogP contribution in [0.2, 0.25) is 10.0 Å². The molecule has 12 nitrogen and oxygen atoms in total. The number of aromatic amines is 2. The van der Waals surface area contributed by atoms with Gasteiger partial charge in [0.25, 0.3) is 17.0 Å². The molecule has 1 aromatic carbocycles. The van der Waals surface area contributed by atoms with E-state index in [4.69, 9.17) is 33.2 Å². The van der Waals surface area contributed by atoms with E-state index in [1.54, 1.807) is 6.07 Å². The van der Waals surface area contributed by atoms with E-state index in [0.717, 1.165) is 4.68 Å². The quantitative estimate of drug-likeness (QED) is 0.465. The predicted octanol–water partition coefficient (Wildman–Crippen LogP) is 0.918. The molecular weight excluding hydrogens is 439 g/mol. The Morgan fingerprint density at radius 1 is 1.03 bits per heavy atom. The monoisotopic (exact) mass is 444 g/mol. The van der Waals surface area contributed by atoms with Gasteiger partial charge in [-0.2, -0.15) is 9.94 Å². The third kappa shape index (κ3) is 3.28. The van der Waals surface area contributed by atoms with Crippen molar-refractivity contribution in [3.63, 3.8) is 0 Å². The number of H-pyrrole nitrogens is 2. The molecule has 0 spiro atoms. The maximum atomic E-state index is 12.0. The number of hydrogen-bond acceptors (Lipinski definition) is 9. The van der Waals surface area contributed by atoms with Crippen LogP contribution in [0.5, 0.6) is 11.6 Å². The third-order valence-corrected chi connectivity index (χ3v) is 4.30. The summed E-state index contributed by atoms with van der Waals surface area (Å²) in [6, 6.07) is 4.12. The van der Waals surface area contributed by atoms with Gasteiger partial charge in [0.05, 0.1) is 15.7 Å². The number of fused-ring (bicyclic) bond motifs is 1. The molecule has 0 aliphatic carbocycles. The van der Waals surface area contributed by atoms with Gasteiger partial charge in [-0.1, -0.05) is 23.2 Å². The minimum absolute atomic E-state index is 0.000565. The lowest BCUT2D eigenvalue weighted by Crippen LogP contribution is -2.33. The van der Waals surface area contributed by atoms with Crippen LogP contribution in [0.15, 0.2) is 38.9 Å². The van der Waals surface area contributed by atoms with Crippen molar-refractivity contribution in [1.29, 1.82) is 5.26 Å². The second-order valence-electron chi connectivity index (χ2n) is 5.58. The molecule has 0 saturated heterocycles. The molecule has 0 atom stereocenters. The molecule has 0 bridgehead atoms. The molecule has 0 fully saturated rings. The van der Waals surface area contributed by atoms with Crippen molar-refractivity contribution < 1.29 is 4.74 Å². The SMILES string of the molecule is N#Cc1nn(-c2cc(Cl)c(Oc3n[nH]c(=O)c4nccnc34)c(Cl)c2)c(=O)[nH]c1=O. The summed E-state index contributed by atoms with van der Waals surface area (Å²) >= 11 is 12.5. The van der Waals surface area contributed by atoms with Crippen LogP contribution >= 0.6 is 23.2 Å². The standard InChI is InChI=1S/C16H6Cl2N8O4/c17-7-3-6(26-16(29)22-13(27)9(5-19)25-26)4-8(18)12(7)30-15-11-10(14(28)23-24-15)20-1-2-21-11/h1-4H,(H,23,28)(H,22,27,29). The van der Waals surface area contributed by atoms with Gasteiger partial charge in [0.2, 0.25) is 5.69 Å². The van der Waals surface area contributed by atoms with Crippen molar-refractivity contribution in [1.82, 2.24) is 34.9 Å². The van der Waals surface area contributed by atoms with Crippen LogP contribution < -0.4 is 21.5 Å². The fourth-order valence-corrected chi connectivity index (χ4v) is 3.00. The predicted molar refractivity (Wildman–Crippen MR) is 103 cm³/mol. The van der Waals surface area contributed by atoms with Crippen LogP contribution in [0, 0.1) is 11.3 Å². The van der Waals surface area contributed by atoms with Crippen molar-refractivity contribution in [2.24, 2.45) is 0 Å². The summed E-state index contributed by atoms with van der Waals surface area (Å²) in [6.45, 7) is 0. The Labute approximate surface area is 174 Å². The lowest BCUT2D eigenvalue weighted by molar-refractivity contribution is 0.460. The summed E-state index contributed by atoms with van der Waals surface area (Å²) < 4.78 is 6.38. The van der Waals surface area contributed by atoms with Crippen molar-refractivity contribution in [2.45, 2.75) is 0 Å². The molecule has 14 heteroatoms. The van der Waals surface area contributed by atoms with E-state index in [0.29, 0.717) is 0 Å². The molecule has 0 unspecified atom stereocenters. The molecule has 148 valence electrons. The first-order valence-electron chi connectivity index (χ1n) is 7.89. The Hall–Kier alpha value is -4.08. The van der Waals surface area contributed by atoms with E-state index in [2.05, 4.69) is 25.3 Å². The average molecular weight is 445 g/mol. The Balaban J connectivity index is 1.82. The van der Waals surface area contributed by atoms with Gasteiger partial charge in [-0.15, -0.1) is 10.2 Å². The lowest BCUT2D eigenvalue weighted by atomic mass is 10.3. The molecule has 2 N–H and O–H groups in total. The van der Waals surface area contributed by atoms with Gasteiger partial charge in [-0.3, -0.25) is 14.6 Å². The first kappa shape index (κ1) is 19.2. The lowest BCUT2D eigenvalue weighted by Gasteiger charge is -2.12. The normalized spacial score (nSPS) is 10.7. The van der Waals surface area contributed by atoms with Crippen LogP contribution in [-0.2, 0) is 0 Å². The molecule has 3 aromatic heterocycles. The zero-order valence-corrected chi connectivity index (χ0v) is 15.9. The molecule has 3 heterocycles. The van der Waals surface area contributed by atoms with Gasteiger partial charge in [0, 0.05) is 12.4 Å². The number of hydrogen-bond donors (Lipinski definition) is 2. The number of nitrogens with zero attached hydrogens (tertiary/aromatic N) is 6. The number of halogens is 2. The van der Waals surface area contributed by atoms with Gasteiger partial charge in [-0.25, -0.2) is 19.9 Å². The van der Waals surface area contributed by atoms with Gasteiger partial charge in [0.1, 0.15) is 6.07 Å². The number of benzene rings is 1. The van der Waals surface area contributed by atoms with Crippen molar-refractivity contribution in [3.8, 4) is 23.4 Å². The van der Waals surface area contributed by atoms with E-state index < -0.39 is 22.5 Å². The van der Waals surface area contributed by atoms with E-state index in [1.807, 2.05) is 4.98 Å². The topological polar surface area (TPSA) is 172 Å². The summed E-state index contributed by atoms with van der Waals surface area (Å²) in [4.78, 5) is 45.3. The molecular formula is C16H6Cl2N8O4. The second-order valence-corrected chi connectivity index (χ2v) is 6.40. The largest absolute Gasteiger partial charge is 0.433 e. The van der Waals surface area contributed by atoms with Crippen LogP contribution in [-0.4, -0.2) is 34.9 Å². The van der Waals surface area contributed by atoms with Crippen LogP contribution in [0.1, 0.15) is 5.69 Å². The van der Waals surface area contributed by atoms with E-state index >= 15 is 0 Å². The summed E-state index contributed by atoms with van der Waals surface area (Å²) in [7, 11) is 0. The third-order valence-electron chi connectivity index (χ3n) is 3.74. The van der Waals surface area contributed by atoms with Gasteiger partial charge >= 0.3 is 5.69 Å². The first-order chi connectivity index (χ1) is 14.4. The minimum Gasteiger partial charge on any atom is -0.433 e. The Bertz CT molecular complexity index is 1510. The first-order valence-corrected chi connectivity index (χ1v) is 8.65. The van der Waals surface area contributed by atoms with E-state index in [1.165, 1.54) is 24.5 Å². The van der Waals surface area contributed by atoms with Crippen LogP contribution in [0.25, 0.3) is 16.7 Å². The van der Waals surface area contributed by atoms with Crippen LogP contribution in [0.4, 0.5) is 0 Å². The zero-order chi connectivity index (χ0) is 21.4. The molecule has 30 heavy (non-hydrogen) atoms. The highest BCUT2D eigenvalue weighted by Crippen LogP contribution is 2.38. The highest BCUT2D eigenvalue weighted by Gasteiger charge is 2.18. The van der Waals surface area contributed by atoms with Crippen molar-refractivity contribution in [3.05, 3.63) is 71.5 Å². The second kappa shape index (κ2) is 7.39. The minimum atomic E-state index is -0.923. The molecule has 0 aliphatic heterocycles. The number of nitriles is 1. The molecule has 0 radical (unpaired) electrons. The van der Waals surface area contributed by atoms with Gasteiger partial charge in [-0.05, 0) is 12.1 Å². The Morgan fingerprint density at radius 3 is 2.37 bits per heavy atom. The average Bonchev–Trinajstić information content (AvgIpc) is 2.72. The molecule has 4 aromatic rings. The molecule has 0 amide bonds. The summed E-state index contributed by atoms with van der Waals surface area (Å²) in [5.74, 6) is -0.160. The molecule has 0 aliphatic rings. The number of nitrogens with one attached hydrogen (secondary N) is 2. The highest BCUT2D eigenvalue weighted by atomic mass is 35.5. The van der Waals surface area contributed by atoms with E-state index in [-0.39, 0.29) is 38.4 Å². The number of rotatable bonds is 3. The molecule has 0 saturated carbocycles. The smallest absolute Gasteiger partial charge is 0.349 e. The number of ether oxygens (including phenoxy) is 1. The summed E-state index contributed by atoms with van der Waals surface area (Å²) in [5.41, 5.74) is -2.76. The summed E-state index contributed by atoms with van der Waals surface area (Å²) in [6.07, 6.45) is 2.68. The number of aromatic nitrogens is 7. The maximum Gasteiger partial charge on any atom is 0.349 e. The van der Waals surface area contributed by atoms with Crippen LogP contribution in [0.3, 0.4) is 0 Å². The fourth-order valence-electron chi connectivity index (χ4n) is 2.45. The van der Waals surface area contributed by atoms with Crippen molar-refractivity contribution in [2.75, 3.05) is 0 Å². The maximum absolute atomic E-state index is 12.0. The van der Waals surface area contributed by atoms with Gasteiger partial charge < -0.3 is 4.74 Å². The van der Waals surface area contributed by atoms with Crippen molar-refractivity contribution >= 4 is 34.2 Å². The Kier molecular flexibility index (Phi) is 4.74. The van der Waals surface area contributed by atoms with Gasteiger partial charge in [0.15, 0.2) is 16.8 Å². The Morgan fingerprint density at radius 2 is 1.70 bits per heavy atom. The zero-order valence-electron chi connectivity index (χ0n) is 14.4. The highest BCUT2D eigenvalue weighted by molar-refractivity contribution is 6.37.